The summed E-state index contributed by atoms with van der Waals surface area (Å²) in [6, 6.07) is 0. The number of hydrogen-bond acceptors (Lipinski definition) is 3. The molecule has 0 rings (SSSR count). The van der Waals surface area contributed by atoms with Crippen LogP contribution in [-0.4, -0.2) is 27.4 Å². The summed E-state index contributed by atoms with van der Waals surface area (Å²) >= 11 is 2.30. The SMILES string of the molecule is CCCCCCl.O=S([O-])OCC(F)(F)F. The molecule has 0 bridgehead atoms. The minimum absolute atomic E-state index is 0.827. The van der Waals surface area contributed by atoms with E-state index in [1.165, 1.54) is 19.3 Å². The molecule has 0 saturated heterocycles. The summed E-state index contributed by atoms with van der Waals surface area (Å²) in [5.74, 6) is 0.827. The largest absolute Gasteiger partial charge is 0.750 e. The van der Waals surface area contributed by atoms with Crippen molar-refractivity contribution in [2.24, 2.45) is 0 Å². The fourth-order valence-electron chi connectivity index (χ4n) is 0.459. The molecule has 0 aliphatic heterocycles. The van der Waals surface area contributed by atoms with Crippen LogP contribution in [0.25, 0.3) is 0 Å². The van der Waals surface area contributed by atoms with Gasteiger partial charge in [-0.25, -0.2) is 4.21 Å². The van der Waals surface area contributed by atoms with Gasteiger partial charge in [0, 0.05) is 5.88 Å². The third kappa shape index (κ3) is 24.9. The molecule has 1 atom stereocenters. The van der Waals surface area contributed by atoms with Crippen molar-refractivity contribution in [2.45, 2.75) is 32.4 Å². The first kappa shape index (κ1) is 17.5. The fourth-order valence-corrected chi connectivity index (χ4v) is 0.878. The number of hydrogen-bond donors (Lipinski definition) is 0. The van der Waals surface area contributed by atoms with E-state index < -0.39 is 24.1 Å². The predicted molar refractivity (Wildman–Crippen MR) is 51.2 cm³/mol. The molecule has 0 aromatic heterocycles. The van der Waals surface area contributed by atoms with Crippen molar-refractivity contribution in [3.63, 3.8) is 0 Å². The molecule has 0 aromatic rings. The molecular formula is C7H13ClF3O3S-. The molecule has 15 heavy (non-hydrogen) atoms. The van der Waals surface area contributed by atoms with E-state index in [0.29, 0.717) is 0 Å². The zero-order valence-corrected chi connectivity index (χ0v) is 9.75. The molecule has 0 fully saturated rings. The van der Waals surface area contributed by atoms with E-state index in [4.69, 9.17) is 11.6 Å². The van der Waals surface area contributed by atoms with Crippen molar-refractivity contribution in [2.75, 3.05) is 12.5 Å². The molecule has 0 aliphatic carbocycles. The maximum Gasteiger partial charge on any atom is 0.413 e. The van der Waals surface area contributed by atoms with Crippen LogP contribution in [0.2, 0.25) is 0 Å². The average molecular weight is 270 g/mol. The first-order chi connectivity index (χ1) is 6.83. The highest BCUT2D eigenvalue weighted by molar-refractivity contribution is 7.74. The molecule has 0 aromatic carbocycles. The van der Waals surface area contributed by atoms with Gasteiger partial charge in [0.15, 0.2) is 6.61 Å². The summed E-state index contributed by atoms with van der Waals surface area (Å²) < 4.78 is 54.9. The minimum atomic E-state index is -4.58. The Bertz CT molecular complexity index is 162. The van der Waals surface area contributed by atoms with Gasteiger partial charge in [0.05, 0.1) is 11.4 Å². The van der Waals surface area contributed by atoms with E-state index in [1.54, 1.807) is 0 Å². The molecule has 0 saturated carbocycles. The second kappa shape index (κ2) is 10.7. The number of unbranched alkanes of at least 4 members (excludes halogenated alkanes) is 2. The van der Waals surface area contributed by atoms with Crippen LogP contribution in [0.4, 0.5) is 13.2 Å². The smallest absolute Gasteiger partial charge is 0.413 e. The Balaban J connectivity index is 0. The molecule has 0 radical (unpaired) electrons. The van der Waals surface area contributed by atoms with Gasteiger partial charge in [-0.05, 0) is 6.42 Å². The van der Waals surface area contributed by atoms with E-state index in [1.807, 2.05) is 0 Å². The molecule has 0 spiro atoms. The second-order valence-electron chi connectivity index (χ2n) is 2.48. The summed E-state index contributed by atoms with van der Waals surface area (Å²) in [5.41, 5.74) is 0. The Hall–Kier alpha value is 0.150. The van der Waals surface area contributed by atoms with Crippen LogP contribution in [0, 0.1) is 0 Å². The molecule has 0 heterocycles. The van der Waals surface area contributed by atoms with E-state index >= 15 is 0 Å². The van der Waals surface area contributed by atoms with Crippen LogP contribution in [0.1, 0.15) is 26.2 Å². The summed E-state index contributed by atoms with van der Waals surface area (Å²) in [6.45, 7) is 0.412. The van der Waals surface area contributed by atoms with Crippen molar-refractivity contribution in [3.05, 3.63) is 0 Å². The van der Waals surface area contributed by atoms with Crippen LogP contribution in [0.3, 0.4) is 0 Å². The number of rotatable bonds is 5. The molecule has 1 unspecified atom stereocenters. The van der Waals surface area contributed by atoms with E-state index in [-0.39, 0.29) is 0 Å². The van der Waals surface area contributed by atoms with Gasteiger partial charge in [-0.3, -0.25) is 4.18 Å². The second-order valence-corrected chi connectivity index (χ2v) is 3.50. The lowest BCUT2D eigenvalue weighted by molar-refractivity contribution is -0.152. The van der Waals surface area contributed by atoms with Gasteiger partial charge in [0.2, 0.25) is 0 Å². The topological polar surface area (TPSA) is 49.4 Å². The van der Waals surface area contributed by atoms with Gasteiger partial charge in [0.25, 0.3) is 0 Å². The Morgan fingerprint density at radius 3 is 2.07 bits per heavy atom. The number of alkyl halides is 4. The van der Waals surface area contributed by atoms with Crippen LogP contribution < -0.4 is 0 Å². The Labute approximate surface area is 94.4 Å². The predicted octanol–water partition coefficient (Wildman–Crippen LogP) is 2.77. The minimum Gasteiger partial charge on any atom is -0.750 e. The summed E-state index contributed by atoms with van der Waals surface area (Å²) in [5, 5.41) is 0. The lowest BCUT2D eigenvalue weighted by atomic mass is 10.3. The molecule has 8 heteroatoms. The Morgan fingerprint density at radius 1 is 1.40 bits per heavy atom. The maximum absolute atomic E-state index is 11.0. The summed E-state index contributed by atoms with van der Waals surface area (Å²) in [4.78, 5) is 0. The van der Waals surface area contributed by atoms with Crippen molar-refractivity contribution in [1.29, 1.82) is 0 Å². The van der Waals surface area contributed by atoms with Crippen LogP contribution in [0.15, 0.2) is 0 Å². The standard InChI is InChI=1S/C5H11Cl.C2H3F3O3S/c1-2-3-4-5-6;3-2(4,5)1-8-9(6)7/h2-5H2,1H3;1H2,(H,6,7)/p-1. The van der Waals surface area contributed by atoms with E-state index in [0.717, 1.165) is 5.88 Å². The molecule has 0 N–H and O–H groups in total. The van der Waals surface area contributed by atoms with Gasteiger partial charge in [-0.15, -0.1) is 11.6 Å². The van der Waals surface area contributed by atoms with Crippen molar-refractivity contribution in [3.8, 4) is 0 Å². The first-order valence-corrected chi connectivity index (χ1v) is 5.72. The third-order valence-corrected chi connectivity index (χ3v) is 1.63. The van der Waals surface area contributed by atoms with Crippen molar-refractivity contribution < 1.29 is 26.1 Å². The van der Waals surface area contributed by atoms with Crippen molar-refractivity contribution in [1.82, 2.24) is 0 Å². The van der Waals surface area contributed by atoms with Gasteiger partial charge >= 0.3 is 6.18 Å². The zero-order valence-electron chi connectivity index (χ0n) is 8.18. The van der Waals surface area contributed by atoms with Crippen LogP contribution in [0.5, 0.6) is 0 Å². The lowest BCUT2D eigenvalue weighted by Crippen LogP contribution is -2.17. The zero-order chi connectivity index (χ0) is 12.3. The monoisotopic (exact) mass is 269 g/mol. The van der Waals surface area contributed by atoms with E-state index in [2.05, 4.69) is 11.1 Å². The highest BCUT2D eigenvalue weighted by atomic mass is 35.5. The van der Waals surface area contributed by atoms with Gasteiger partial charge in [0.1, 0.15) is 0 Å². The van der Waals surface area contributed by atoms with Gasteiger partial charge in [-0.2, -0.15) is 13.2 Å². The molecule has 0 amide bonds. The Kier molecular flexibility index (Phi) is 12.5. The van der Waals surface area contributed by atoms with Gasteiger partial charge < -0.3 is 4.55 Å². The number of halogens is 4. The van der Waals surface area contributed by atoms with Crippen LogP contribution >= 0.6 is 11.6 Å². The first-order valence-electron chi connectivity index (χ1n) is 4.18. The highest BCUT2D eigenvalue weighted by Crippen LogP contribution is 2.14. The average Bonchev–Trinajstić information content (AvgIpc) is 2.11. The third-order valence-electron chi connectivity index (χ3n) is 1.06. The highest BCUT2D eigenvalue weighted by Gasteiger charge is 2.27. The fraction of sp³-hybridized carbons (Fsp3) is 1.00. The maximum atomic E-state index is 11.0. The molecule has 3 nitrogen and oxygen atoms in total. The quantitative estimate of drug-likeness (QED) is 0.438. The molecular weight excluding hydrogens is 257 g/mol. The normalized spacial score (nSPS) is 12.9. The van der Waals surface area contributed by atoms with Gasteiger partial charge in [-0.1, -0.05) is 19.8 Å². The van der Waals surface area contributed by atoms with E-state index in [9.17, 15) is 21.9 Å². The van der Waals surface area contributed by atoms with Crippen molar-refractivity contribution >= 4 is 23.0 Å². The molecule has 0 aliphatic rings. The molecule has 94 valence electrons. The summed E-state index contributed by atoms with van der Waals surface area (Å²) in [7, 11) is 0. The van der Waals surface area contributed by atoms with Crippen LogP contribution in [-0.2, 0) is 15.5 Å². The summed E-state index contributed by atoms with van der Waals surface area (Å²) in [6.07, 6.45) is -0.853. The Morgan fingerprint density at radius 2 is 1.93 bits per heavy atom. The lowest BCUT2D eigenvalue weighted by Gasteiger charge is -2.07.